The lowest BCUT2D eigenvalue weighted by Crippen LogP contribution is -2.41. The van der Waals surface area contributed by atoms with E-state index in [1.807, 2.05) is 12.1 Å². The number of benzene rings is 1. The number of hydrogen-bond donors (Lipinski definition) is 2. The van der Waals surface area contributed by atoms with Crippen molar-refractivity contribution in [3.63, 3.8) is 0 Å². The minimum Gasteiger partial charge on any atom is -0.497 e. The third-order valence-electron chi connectivity index (χ3n) is 6.05. The van der Waals surface area contributed by atoms with Crippen molar-refractivity contribution in [3.8, 4) is 5.75 Å². The van der Waals surface area contributed by atoms with E-state index in [2.05, 4.69) is 17.4 Å². The lowest BCUT2D eigenvalue weighted by Gasteiger charge is -2.35. The fourth-order valence-corrected chi connectivity index (χ4v) is 4.16. The van der Waals surface area contributed by atoms with Gasteiger partial charge in [0.05, 0.1) is 13.7 Å². The van der Waals surface area contributed by atoms with Crippen LogP contribution in [0.25, 0.3) is 0 Å². The Labute approximate surface area is 151 Å². The van der Waals surface area contributed by atoms with E-state index in [1.54, 1.807) is 7.11 Å². The molecule has 2 aliphatic rings. The van der Waals surface area contributed by atoms with Crippen LogP contribution in [-0.4, -0.2) is 31.3 Å². The number of aliphatic hydroxyl groups is 1. The van der Waals surface area contributed by atoms with E-state index in [1.165, 1.54) is 24.8 Å². The van der Waals surface area contributed by atoms with Crippen molar-refractivity contribution >= 4 is 5.91 Å². The number of methoxy groups -OCH3 is 1. The number of ether oxygens (including phenoxy) is 1. The summed E-state index contributed by atoms with van der Waals surface area (Å²) in [7, 11) is 1.67. The van der Waals surface area contributed by atoms with Gasteiger partial charge in [0.25, 0.3) is 0 Å². The Balaban J connectivity index is 1.57. The van der Waals surface area contributed by atoms with Crippen LogP contribution < -0.4 is 10.1 Å². The van der Waals surface area contributed by atoms with E-state index < -0.39 is 0 Å². The molecule has 3 rings (SSSR count). The van der Waals surface area contributed by atoms with Crippen LogP contribution >= 0.6 is 0 Å². The average molecular weight is 345 g/mol. The number of hydrogen-bond acceptors (Lipinski definition) is 3. The van der Waals surface area contributed by atoms with Crippen LogP contribution in [0, 0.1) is 11.3 Å². The van der Waals surface area contributed by atoms with Crippen molar-refractivity contribution in [2.75, 3.05) is 20.3 Å². The van der Waals surface area contributed by atoms with Crippen molar-refractivity contribution in [2.24, 2.45) is 11.3 Å². The molecule has 1 unspecified atom stereocenters. The van der Waals surface area contributed by atoms with Gasteiger partial charge < -0.3 is 15.2 Å². The summed E-state index contributed by atoms with van der Waals surface area (Å²) in [6, 6.07) is 8.13. The first-order valence-corrected chi connectivity index (χ1v) is 9.67. The summed E-state index contributed by atoms with van der Waals surface area (Å²) in [5.41, 5.74) is 1.14. The van der Waals surface area contributed by atoms with Crippen LogP contribution in [0.2, 0.25) is 0 Å². The van der Waals surface area contributed by atoms with Gasteiger partial charge in [-0.2, -0.15) is 0 Å². The van der Waals surface area contributed by atoms with Crippen LogP contribution in [-0.2, 0) is 4.79 Å². The van der Waals surface area contributed by atoms with Gasteiger partial charge in [-0.25, -0.2) is 0 Å². The molecule has 0 bridgehead atoms. The lowest BCUT2D eigenvalue weighted by molar-refractivity contribution is -0.122. The number of aliphatic hydroxyl groups excluding tert-OH is 1. The molecule has 0 saturated heterocycles. The fourth-order valence-electron chi connectivity index (χ4n) is 4.16. The second-order valence-corrected chi connectivity index (χ2v) is 7.92. The van der Waals surface area contributed by atoms with E-state index in [0.717, 1.165) is 31.4 Å². The standard InChI is InChI=1S/C21H31NO3/c1-25-18-9-7-17(8-10-18)19(16-5-6-16)13-20(24)22-14-21(15-23)11-3-2-4-12-21/h7-10,16,19,23H,2-6,11-15H2,1H3,(H,22,24). The molecule has 2 N–H and O–H groups in total. The van der Waals surface area contributed by atoms with Gasteiger partial charge in [-0.3, -0.25) is 4.79 Å². The van der Waals surface area contributed by atoms with E-state index in [0.29, 0.717) is 24.8 Å². The summed E-state index contributed by atoms with van der Waals surface area (Å²) in [4.78, 5) is 12.6. The Morgan fingerprint density at radius 3 is 2.48 bits per heavy atom. The van der Waals surface area contributed by atoms with Crippen LogP contribution in [0.5, 0.6) is 5.75 Å². The minimum atomic E-state index is -0.0941. The summed E-state index contributed by atoms with van der Waals surface area (Å²) < 4.78 is 5.23. The summed E-state index contributed by atoms with van der Waals surface area (Å²) >= 11 is 0. The summed E-state index contributed by atoms with van der Waals surface area (Å²) in [6.07, 6.45) is 8.58. The quantitative estimate of drug-likeness (QED) is 0.756. The predicted molar refractivity (Wildman–Crippen MR) is 98.7 cm³/mol. The fraction of sp³-hybridized carbons (Fsp3) is 0.667. The largest absolute Gasteiger partial charge is 0.497 e. The molecule has 138 valence electrons. The van der Waals surface area contributed by atoms with Gasteiger partial charge in [0, 0.05) is 18.4 Å². The van der Waals surface area contributed by atoms with Crippen molar-refractivity contribution in [1.82, 2.24) is 5.32 Å². The van der Waals surface area contributed by atoms with Crippen molar-refractivity contribution in [1.29, 1.82) is 0 Å². The molecular formula is C21H31NO3. The van der Waals surface area contributed by atoms with Gasteiger partial charge >= 0.3 is 0 Å². The van der Waals surface area contributed by atoms with E-state index in [9.17, 15) is 9.90 Å². The smallest absolute Gasteiger partial charge is 0.220 e. The average Bonchev–Trinajstić information content (AvgIpc) is 3.50. The minimum absolute atomic E-state index is 0.0941. The molecular weight excluding hydrogens is 314 g/mol. The molecule has 0 radical (unpaired) electrons. The SMILES string of the molecule is COc1ccc(C(CC(=O)NCC2(CO)CCCCC2)C2CC2)cc1. The Kier molecular flexibility index (Phi) is 6.00. The van der Waals surface area contributed by atoms with Crippen LogP contribution in [0.1, 0.15) is 62.8 Å². The van der Waals surface area contributed by atoms with Crippen molar-refractivity contribution in [2.45, 2.75) is 57.3 Å². The van der Waals surface area contributed by atoms with Crippen molar-refractivity contribution < 1.29 is 14.6 Å². The van der Waals surface area contributed by atoms with Crippen molar-refractivity contribution in [3.05, 3.63) is 29.8 Å². The van der Waals surface area contributed by atoms with E-state index in [4.69, 9.17) is 4.74 Å². The molecule has 0 spiro atoms. The maximum absolute atomic E-state index is 12.6. The zero-order chi connectivity index (χ0) is 17.7. The lowest BCUT2D eigenvalue weighted by atomic mass is 9.74. The monoisotopic (exact) mass is 345 g/mol. The molecule has 4 heteroatoms. The highest BCUT2D eigenvalue weighted by Crippen LogP contribution is 2.44. The second-order valence-electron chi connectivity index (χ2n) is 7.92. The zero-order valence-corrected chi connectivity index (χ0v) is 15.3. The highest BCUT2D eigenvalue weighted by molar-refractivity contribution is 5.77. The van der Waals surface area contributed by atoms with E-state index >= 15 is 0 Å². The van der Waals surface area contributed by atoms with Crippen LogP contribution in [0.3, 0.4) is 0 Å². The maximum atomic E-state index is 12.6. The summed E-state index contributed by atoms with van der Waals surface area (Å²) in [5.74, 6) is 1.89. The van der Waals surface area contributed by atoms with Gasteiger partial charge in [0.15, 0.2) is 0 Å². The van der Waals surface area contributed by atoms with E-state index in [-0.39, 0.29) is 17.9 Å². The first kappa shape index (κ1) is 18.2. The molecule has 2 aliphatic carbocycles. The molecule has 2 fully saturated rings. The Morgan fingerprint density at radius 2 is 1.92 bits per heavy atom. The molecule has 1 amide bonds. The first-order chi connectivity index (χ1) is 12.2. The van der Waals surface area contributed by atoms with Gasteiger partial charge in [-0.05, 0) is 55.2 Å². The number of amides is 1. The Morgan fingerprint density at radius 1 is 1.24 bits per heavy atom. The van der Waals surface area contributed by atoms with Gasteiger partial charge in [0.1, 0.15) is 5.75 Å². The van der Waals surface area contributed by atoms with Crippen LogP contribution in [0.15, 0.2) is 24.3 Å². The zero-order valence-electron chi connectivity index (χ0n) is 15.3. The molecule has 0 aromatic heterocycles. The summed E-state index contributed by atoms with van der Waals surface area (Å²) in [5, 5.41) is 12.9. The maximum Gasteiger partial charge on any atom is 0.220 e. The number of rotatable bonds is 8. The third-order valence-corrected chi connectivity index (χ3v) is 6.05. The molecule has 1 atom stereocenters. The molecule has 1 aromatic rings. The van der Waals surface area contributed by atoms with Gasteiger partial charge in [0.2, 0.25) is 5.91 Å². The van der Waals surface area contributed by atoms with Crippen LogP contribution in [0.4, 0.5) is 0 Å². The predicted octanol–water partition coefficient (Wildman–Crippen LogP) is 3.64. The topological polar surface area (TPSA) is 58.6 Å². The first-order valence-electron chi connectivity index (χ1n) is 9.67. The summed E-state index contributed by atoms with van der Waals surface area (Å²) in [6.45, 7) is 0.792. The van der Waals surface area contributed by atoms with Gasteiger partial charge in [-0.1, -0.05) is 31.4 Å². The highest BCUT2D eigenvalue weighted by Gasteiger charge is 2.35. The Hall–Kier alpha value is -1.55. The highest BCUT2D eigenvalue weighted by atomic mass is 16.5. The molecule has 0 heterocycles. The molecule has 1 aromatic carbocycles. The molecule has 4 nitrogen and oxygen atoms in total. The molecule has 25 heavy (non-hydrogen) atoms. The molecule has 2 saturated carbocycles. The Bertz CT molecular complexity index is 559. The molecule has 0 aliphatic heterocycles. The number of carbonyl (C=O) groups is 1. The second kappa shape index (κ2) is 8.22. The van der Waals surface area contributed by atoms with Gasteiger partial charge in [-0.15, -0.1) is 0 Å². The number of nitrogens with one attached hydrogen (secondary N) is 1. The number of carbonyl (C=O) groups excluding carboxylic acids is 1. The normalized spacial score (nSPS) is 20.7. The third kappa shape index (κ3) is 4.75.